The molecule has 4 aromatic rings. The third kappa shape index (κ3) is 4.38. The van der Waals surface area contributed by atoms with Crippen molar-refractivity contribution in [2.45, 2.75) is 45.1 Å². The Morgan fingerprint density at radius 2 is 1.74 bits per heavy atom. The van der Waals surface area contributed by atoms with Crippen LogP contribution in [0.3, 0.4) is 0 Å². The Morgan fingerprint density at radius 1 is 1.00 bits per heavy atom. The molecule has 2 heterocycles. The molecular weight excluding hydrogens is 442 g/mol. The molecule has 0 radical (unpaired) electrons. The van der Waals surface area contributed by atoms with Crippen LogP contribution in [-0.4, -0.2) is 10.7 Å². The Labute approximate surface area is 204 Å². The van der Waals surface area contributed by atoms with E-state index in [-0.39, 0.29) is 17.0 Å². The Balaban J connectivity index is 1.54. The molecule has 34 heavy (non-hydrogen) atoms. The second kappa shape index (κ2) is 8.77. The van der Waals surface area contributed by atoms with Crippen molar-refractivity contribution in [3.8, 4) is 0 Å². The van der Waals surface area contributed by atoms with Crippen LogP contribution in [0.25, 0.3) is 10.9 Å². The summed E-state index contributed by atoms with van der Waals surface area (Å²) in [6, 6.07) is 24.5. The lowest BCUT2D eigenvalue weighted by atomic mass is 9.86. The highest BCUT2D eigenvalue weighted by atomic mass is 35.5. The van der Waals surface area contributed by atoms with Gasteiger partial charge in [-0.05, 0) is 52.3 Å². The molecule has 1 aliphatic heterocycles. The van der Waals surface area contributed by atoms with Crippen molar-refractivity contribution in [1.82, 2.24) is 10.4 Å². The van der Waals surface area contributed by atoms with E-state index in [1.165, 1.54) is 5.56 Å². The first-order chi connectivity index (χ1) is 16.3. The first-order valence-corrected chi connectivity index (χ1v) is 12.0. The van der Waals surface area contributed by atoms with Gasteiger partial charge >= 0.3 is 0 Å². The Hall–Kier alpha value is -3.37. The monoisotopic (exact) mass is 469 g/mol. The van der Waals surface area contributed by atoms with Gasteiger partial charge in [0, 0.05) is 22.3 Å². The van der Waals surface area contributed by atoms with Gasteiger partial charge in [0.1, 0.15) is 0 Å². The summed E-state index contributed by atoms with van der Waals surface area (Å²) in [6.45, 7) is 6.64. The number of hydrogen-bond acceptors (Lipinski definition) is 3. The number of halogens is 1. The summed E-state index contributed by atoms with van der Waals surface area (Å²) in [4.78, 5) is 16.4. The highest BCUT2D eigenvalue weighted by Gasteiger charge is 2.27. The zero-order valence-corrected chi connectivity index (χ0v) is 20.4. The summed E-state index contributed by atoms with van der Waals surface area (Å²) in [7, 11) is 0. The summed E-state index contributed by atoms with van der Waals surface area (Å²) in [5.74, 6) is 0. The minimum atomic E-state index is -0.120. The number of H-pyrrole nitrogens is 1. The second-order valence-electron chi connectivity index (χ2n) is 9.98. The number of hydrazone groups is 1. The molecule has 5 rings (SSSR count). The molecule has 3 aromatic carbocycles. The van der Waals surface area contributed by atoms with E-state index >= 15 is 0 Å². The minimum absolute atomic E-state index is 0.0306. The van der Waals surface area contributed by atoms with Crippen LogP contribution in [0.2, 0.25) is 5.02 Å². The van der Waals surface area contributed by atoms with Gasteiger partial charge in [-0.2, -0.15) is 5.10 Å². The summed E-state index contributed by atoms with van der Waals surface area (Å²) in [6.07, 6.45) is 1.27. The second-order valence-corrected chi connectivity index (χ2v) is 10.4. The third-order valence-corrected chi connectivity index (χ3v) is 6.76. The maximum absolute atomic E-state index is 13.3. The van der Waals surface area contributed by atoms with E-state index in [0.717, 1.165) is 33.3 Å². The van der Waals surface area contributed by atoms with Crippen LogP contribution in [0.1, 0.15) is 61.1 Å². The molecule has 0 amide bonds. The average molecular weight is 470 g/mol. The lowest BCUT2D eigenvalue weighted by Gasteiger charge is -2.20. The van der Waals surface area contributed by atoms with Gasteiger partial charge in [0.15, 0.2) is 0 Å². The smallest absolute Gasteiger partial charge is 0.257 e. The van der Waals surface area contributed by atoms with Gasteiger partial charge < -0.3 is 10.4 Å². The number of nitrogens with zero attached hydrogens (tertiary/aromatic N) is 1. The molecule has 0 spiro atoms. The van der Waals surface area contributed by atoms with Crippen molar-refractivity contribution < 1.29 is 0 Å². The number of nitrogens with one attached hydrogen (secondary N) is 2. The number of benzene rings is 3. The molecule has 2 N–H and O–H groups in total. The number of pyridine rings is 1. The molecular formula is C29H28ClN3O. The Kier molecular flexibility index (Phi) is 5.78. The van der Waals surface area contributed by atoms with Crippen LogP contribution in [0.4, 0.5) is 0 Å². The van der Waals surface area contributed by atoms with Crippen molar-refractivity contribution in [3.63, 3.8) is 0 Å². The van der Waals surface area contributed by atoms with E-state index in [4.69, 9.17) is 11.6 Å². The van der Waals surface area contributed by atoms with Crippen LogP contribution in [0, 0.1) is 0 Å². The van der Waals surface area contributed by atoms with Crippen molar-refractivity contribution in [2.24, 2.45) is 5.10 Å². The van der Waals surface area contributed by atoms with Gasteiger partial charge in [-0.3, -0.25) is 4.79 Å². The van der Waals surface area contributed by atoms with Gasteiger partial charge in [-0.15, -0.1) is 0 Å². The molecule has 0 fully saturated rings. The molecule has 5 heteroatoms. The zero-order valence-electron chi connectivity index (χ0n) is 19.7. The maximum atomic E-state index is 13.3. The molecule has 1 atom stereocenters. The molecule has 1 aliphatic rings. The summed E-state index contributed by atoms with van der Waals surface area (Å²) < 4.78 is 0. The quantitative estimate of drug-likeness (QED) is 0.358. The summed E-state index contributed by atoms with van der Waals surface area (Å²) >= 11 is 6.36. The van der Waals surface area contributed by atoms with Crippen molar-refractivity contribution >= 4 is 28.2 Å². The average Bonchev–Trinajstić information content (AvgIpc) is 3.29. The van der Waals surface area contributed by atoms with Crippen molar-refractivity contribution in [1.29, 1.82) is 0 Å². The normalized spacial score (nSPS) is 15.9. The van der Waals surface area contributed by atoms with Crippen LogP contribution < -0.4 is 11.0 Å². The van der Waals surface area contributed by atoms with E-state index < -0.39 is 0 Å². The zero-order chi connectivity index (χ0) is 23.9. The summed E-state index contributed by atoms with van der Waals surface area (Å²) in [5.41, 5.74) is 10.00. The molecule has 1 unspecified atom stereocenters. The van der Waals surface area contributed by atoms with Gasteiger partial charge in [0.25, 0.3) is 5.56 Å². The topological polar surface area (TPSA) is 57.2 Å². The standard InChI is InChI=1S/C29H28ClN3O/c1-29(2,3)20-11-9-19(10-12-20)25-17-26(33-32-25)27-23(15-18-7-5-4-6-8-18)22-16-21(30)13-14-24(22)31-28(27)34/h4-14,16,25,32H,15,17H2,1-3H3,(H,31,34). The van der Waals surface area contributed by atoms with E-state index in [1.807, 2.05) is 30.3 Å². The number of rotatable bonds is 4. The molecule has 172 valence electrons. The van der Waals surface area contributed by atoms with Crippen LogP contribution >= 0.6 is 11.6 Å². The highest BCUT2D eigenvalue weighted by molar-refractivity contribution is 6.31. The number of aromatic nitrogens is 1. The van der Waals surface area contributed by atoms with Crippen molar-refractivity contribution in [2.75, 3.05) is 0 Å². The molecule has 0 aliphatic carbocycles. The Morgan fingerprint density at radius 3 is 2.44 bits per heavy atom. The number of aromatic amines is 1. The van der Waals surface area contributed by atoms with Gasteiger partial charge in [-0.1, -0.05) is 87.0 Å². The molecule has 0 saturated heterocycles. The fourth-order valence-electron chi connectivity index (χ4n) is 4.63. The fourth-order valence-corrected chi connectivity index (χ4v) is 4.80. The Bertz CT molecular complexity index is 1430. The molecule has 0 bridgehead atoms. The predicted molar refractivity (Wildman–Crippen MR) is 141 cm³/mol. The van der Waals surface area contributed by atoms with Gasteiger partial charge in [-0.25, -0.2) is 0 Å². The maximum Gasteiger partial charge on any atom is 0.257 e. The lowest BCUT2D eigenvalue weighted by molar-refractivity contribution is 0.586. The van der Waals surface area contributed by atoms with Gasteiger partial charge in [0.05, 0.1) is 17.3 Å². The van der Waals surface area contributed by atoms with Gasteiger partial charge in [0.2, 0.25) is 0 Å². The van der Waals surface area contributed by atoms with E-state index in [9.17, 15) is 4.79 Å². The van der Waals surface area contributed by atoms with Crippen LogP contribution in [0.15, 0.2) is 82.7 Å². The SMILES string of the molecule is CC(C)(C)c1ccc(C2CC(c3c(Cc4ccccc4)c4cc(Cl)ccc4[nH]c3=O)=NN2)cc1. The first-order valence-electron chi connectivity index (χ1n) is 11.6. The van der Waals surface area contributed by atoms with E-state index in [0.29, 0.717) is 23.4 Å². The van der Waals surface area contributed by atoms with Crippen LogP contribution in [0.5, 0.6) is 0 Å². The first kappa shape index (κ1) is 22.4. The highest BCUT2D eigenvalue weighted by Crippen LogP contribution is 2.31. The summed E-state index contributed by atoms with van der Waals surface area (Å²) in [5, 5.41) is 6.23. The fraction of sp³-hybridized carbons (Fsp3) is 0.241. The lowest BCUT2D eigenvalue weighted by Crippen LogP contribution is -2.21. The van der Waals surface area contributed by atoms with Crippen LogP contribution in [-0.2, 0) is 11.8 Å². The molecule has 0 saturated carbocycles. The molecule has 1 aromatic heterocycles. The minimum Gasteiger partial charge on any atom is -0.321 e. The predicted octanol–water partition coefficient (Wildman–Crippen LogP) is 6.51. The van der Waals surface area contributed by atoms with Crippen molar-refractivity contribution in [3.05, 3.63) is 116 Å². The van der Waals surface area contributed by atoms with E-state index in [1.54, 1.807) is 6.07 Å². The largest absolute Gasteiger partial charge is 0.321 e. The number of fused-ring (bicyclic) bond motifs is 1. The number of hydrogen-bond donors (Lipinski definition) is 2. The molecule has 4 nitrogen and oxygen atoms in total. The van der Waals surface area contributed by atoms with E-state index in [2.05, 4.69) is 72.7 Å². The third-order valence-electron chi connectivity index (χ3n) is 6.53.